The minimum absolute atomic E-state index is 0.0529. The van der Waals surface area contributed by atoms with Crippen LogP contribution in [0.25, 0.3) is 0 Å². The summed E-state index contributed by atoms with van der Waals surface area (Å²) < 4.78 is 75.8. The van der Waals surface area contributed by atoms with Crippen molar-refractivity contribution in [3.8, 4) is 0 Å². The van der Waals surface area contributed by atoms with Gasteiger partial charge in [0, 0.05) is 38.9 Å². The van der Waals surface area contributed by atoms with Crippen LogP contribution in [0.1, 0.15) is 21.5 Å². The first-order chi connectivity index (χ1) is 15.6. The van der Waals surface area contributed by atoms with E-state index in [0.29, 0.717) is 18.8 Å². The van der Waals surface area contributed by atoms with Gasteiger partial charge in [0.05, 0.1) is 23.7 Å². The van der Waals surface area contributed by atoms with Gasteiger partial charge in [-0.05, 0) is 42.0 Å². The third-order valence-electron chi connectivity index (χ3n) is 6.06. The largest absolute Gasteiger partial charge is 0.416 e. The van der Waals surface area contributed by atoms with Gasteiger partial charge in [-0.1, -0.05) is 12.1 Å². The second-order valence-electron chi connectivity index (χ2n) is 7.99. The Labute approximate surface area is 189 Å². The lowest BCUT2D eigenvalue weighted by Gasteiger charge is -2.40. The van der Waals surface area contributed by atoms with E-state index in [9.17, 15) is 26.4 Å². The highest BCUT2D eigenvalue weighted by Gasteiger charge is 2.40. The van der Waals surface area contributed by atoms with E-state index in [1.807, 2.05) is 12.1 Å². The molecule has 0 atom stereocenters. The number of piperazine rings is 1. The molecule has 7 nitrogen and oxygen atoms in total. The van der Waals surface area contributed by atoms with E-state index in [0.717, 1.165) is 29.8 Å². The topological polar surface area (TPSA) is 76.2 Å². The Morgan fingerprint density at radius 1 is 0.970 bits per heavy atom. The summed E-state index contributed by atoms with van der Waals surface area (Å²) in [5, 5.41) is 0. The molecule has 178 valence electrons. The van der Waals surface area contributed by atoms with E-state index in [-0.39, 0.29) is 37.0 Å². The maximum absolute atomic E-state index is 12.9. The van der Waals surface area contributed by atoms with Crippen molar-refractivity contribution in [3.05, 3.63) is 65.2 Å². The van der Waals surface area contributed by atoms with Gasteiger partial charge < -0.3 is 14.4 Å². The second kappa shape index (κ2) is 8.71. The number of hydrogen-bond acceptors (Lipinski definition) is 5. The molecule has 1 amide bonds. The van der Waals surface area contributed by atoms with Crippen molar-refractivity contribution in [1.82, 2.24) is 9.21 Å². The van der Waals surface area contributed by atoms with Crippen LogP contribution < -0.4 is 0 Å². The van der Waals surface area contributed by atoms with E-state index < -0.39 is 27.4 Å². The number of rotatable bonds is 5. The summed E-state index contributed by atoms with van der Waals surface area (Å²) in [5.74, 6) is -0.218. The number of ether oxygens (including phenoxy) is 2. The molecule has 2 aliphatic rings. The summed E-state index contributed by atoms with van der Waals surface area (Å²) in [6.45, 7) is 1.36. The first-order valence-electron chi connectivity index (χ1n) is 10.3. The first-order valence-corrected chi connectivity index (χ1v) is 11.7. The maximum Gasteiger partial charge on any atom is 0.416 e. The molecule has 0 unspecified atom stereocenters. The molecule has 0 aliphatic carbocycles. The van der Waals surface area contributed by atoms with E-state index in [1.54, 1.807) is 24.1 Å². The van der Waals surface area contributed by atoms with Crippen LogP contribution in [0, 0.1) is 0 Å². The first kappa shape index (κ1) is 23.7. The molecule has 0 N–H and O–H groups in total. The van der Waals surface area contributed by atoms with E-state index in [1.165, 1.54) is 4.31 Å². The monoisotopic (exact) mass is 484 g/mol. The second-order valence-corrected chi connectivity index (χ2v) is 9.92. The predicted octanol–water partition coefficient (Wildman–Crippen LogP) is 2.72. The summed E-state index contributed by atoms with van der Waals surface area (Å²) in [7, 11) is -2.35. The lowest BCUT2D eigenvalue weighted by Crippen LogP contribution is -2.50. The minimum atomic E-state index is -4.54. The molecule has 4 rings (SSSR count). The smallest absolute Gasteiger partial charge is 0.375 e. The van der Waals surface area contributed by atoms with Crippen molar-refractivity contribution in [2.45, 2.75) is 16.7 Å². The average molecular weight is 484 g/mol. The van der Waals surface area contributed by atoms with E-state index >= 15 is 0 Å². The summed E-state index contributed by atoms with van der Waals surface area (Å²) >= 11 is 0. The Morgan fingerprint density at radius 3 is 2.00 bits per heavy atom. The molecule has 2 heterocycles. The Bertz CT molecular complexity index is 1100. The Kier molecular flexibility index (Phi) is 6.25. The summed E-state index contributed by atoms with van der Waals surface area (Å²) in [6, 6.07) is 10.5. The molecule has 0 aromatic heterocycles. The molecular weight excluding hydrogens is 461 g/mol. The van der Waals surface area contributed by atoms with Crippen molar-refractivity contribution in [2.75, 3.05) is 46.5 Å². The molecule has 33 heavy (non-hydrogen) atoms. The SMILES string of the molecule is COC1(c2ccc(C(=O)N3CCN(S(=O)(=O)c4ccc(C(F)(F)F)cc4)CC3)cc2)COC1. The fraction of sp³-hybridized carbons (Fsp3) is 0.409. The van der Waals surface area contributed by atoms with Gasteiger partial charge in [0.15, 0.2) is 0 Å². The average Bonchev–Trinajstić information content (AvgIpc) is 2.78. The molecular formula is C22H23F3N2O5S. The summed E-state index contributed by atoms with van der Waals surface area (Å²) in [6.07, 6.45) is -4.54. The normalized spacial score (nSPS) is 19.2. The van der Waals surface area contributed by atoms with Gasteiger partial charge >= 0.3 is 6.18 Å². The van der Waals surface area contributed by atoms with Crippen molar-refractivity contribution < 1.29 is 35.9 Å². The van der Waals surface area contributed by atoms with Gasteiger partial charge in [0.25, 0.3) is 5.91 Å². The van der Waals surface area contributed by atoms with Crippen LogP contribution in [0.2, 0.25) is 0 Å². The van der Waals surface area contributed by atoms with Gasteiger partial charge in [-0.3, -0.25) is 4.79 Å². The standard InChI is InChI=1S/C22H23F3N2O5S/c1-31-21(14-32-15-21)17-4-2-16(3-5-17)20(28)26-10-12-27(13-11-26)33(29,30)19-8-6-18(7-9-19)22(23,24)25/h2-9H,10-15H2,1H3. The van der Waals surface area contributed by atoms with Gasteiger partial charge in [-0.2, -0.15) is 17.5 Å². The lowest BCUT2D eigenvalue weighted by molar-refractivity contribution is -0.202. The zero-order valence-corrected chi connectivity index (χ0v) is 18.7. The van der Waals surface area contributed by atoms with Crippen molar-refractivity contribution in [3.63, 3.8) is 0 Å². The van der Waals surface area contributed by atoms with Crippen molar-refractivity contribution >= 4 is 15.9 Å². The highest BCUT2D eigenvalue weighted by Crippen LogP contribution is 2.33. The van der Waals surface area contributed by atoms with Crippen LogP contribution in [0.15, 0.2) is 53.4 Å². The fourth-order valence-electron chi connectivity index (χ4n) is 3.89. The summed E-state index contributed by atoms with van der Waals surface area (Å²) in [5.41, 5.74) is -0.00598. The maximum atomic E-state index is 12.9. The Balaban J connectivity index is 1.39. The molecule has 11 heteroatoms. The number of halogens is 3. The number of methoxy groups -OCH3 is 1. The van der Waals surface area contributed by atoms with Crippen LogP contribution in [-0.4, -0.2) is 70.0 Å². The highest BCUT2D eigenvalue weighted by atomic mass is 32.2. The number of nitrogens with zero attached hydrogens (tertiary/aromatic N) is 2. The predicted molar refractivity (Wildman–Crippen MR) is 112 cm³/mol. The van der Waals surface area contributed by atoms with E-state index in [2.05, 4.69) is 0 Å². The molecule has 0 bridgehead atoms. The lowest BCUT2D eigenvalue weighted by atomic mass is 9.91. The number of amides is 1. The molecule has 2 fully saturated rings. The zero-order valence-electron chi connectivity index (χ0n) is 17.8. The van der Waals surface area contributed by atoms with Crippen LogP contribution in [-0.2, 0) is 31.3 Å². The number of hydrogen-bond donors (Lipinski definition) is 0. The van der Waals surface area contributed by atoms with Gasteiger partial charge in [0.1, 0.15) is 5.60 Å². The quantitative estimate of drug-likeness (QED) is 0.653. The third-order valence-corrected chi connectivity index (χ3v) is 7.98. The highest BCUT2D eigenvalue weighted by molar-refractivity contribution is 7.89. The number of alkyl halides is 3. The summed E-state index contributed by atoms with van der Waals surface area (Å²) in [4.78, 5) is 14.2. The number of carbonyl (C=O) groups excluding carboxylic acids is 1. The van der Waals surface area contributed by atoms with Crippen molar-refractivity contribution in [2.24, 2.45) is 0 Å². The minimum Gasteiger partial charge on any atom is -0.375 e. The zero-order chi connectivity index (χ0) is 23.9. The number of benzene rings is 2. The van der Waals surface area contributed by atoms with Crippen LogP contribution in [0.5, 0.6) is 0 Å². The van der Waals surface area contributed by atoms with E-state index in [4.69, 9.17) is 9.47 Å². The van der Waals surface area contributed by atoms with Crippen LogP contribution in [0.4, 0.5) is 13.2 Å². The van der Waals surface area contributed by atoms with Gasteiger partial charge in [-0.15, -0.1) is 0 Å². The fourth-order valence-corrected chi connectivity index (χ4v) is 5.31. The molecule has 0 saturated carbocycles. The van der Waals surface area contributed by atoms with Gasteiger partial charge in [0.2, 0.25) is 10.0 Å². The van der Waals surface area contributed by atoms with Crippen molar-refractivity contribution in [1.29, 1.82) is 0 Å². The van der Waals surface area contributed by atoms with Crippen LogP contribution in [0.3, 0.4) is 0 Å². The molecule has 2 aromatic rings. The Morgan fingerprint density at radius 2 is 1.55 bits per heavy atom. The molecule has 2 aromatic carbocycles. The molecule has 0 radical (unpaired) electrons. The Hall–Kier alpha value is -2.47. The van der Waals surface area contributed by atoms with Gasteiger partial charge in [-0.25, -0.2) is 8.42 Å². The van der Waals surface area contributed by atoms with Crippen LogP contribution >= 0.6 is 0 Å². The third kappa shape index (κ3) is 4.50. The molecule has 0 spiro atoms. The molecule has 2 saturated heterocycles. The molecule has 2 aliphatic heterocycles. The number of carbonyl (C=O) groups is 1. The number of sulfonamides is 1.